The maximum atomic E-state index is 9.15. The van der Waals surface area contributed by atoms with Gasteiger partial charge in [0.2, 0.25) is 0 Å². The zero-order valence-electron chi connectivity index (χ0n) is 11.5. The van der Waals surface area contributed by atoms with Gasteiger partial charge in [-0.05, 0) is 18.1 Å². The summed E-state index contributed by atoms with van der Waals surface area (Å²) in [5.74, 6) is 1.41. The molecule has 1 atom stereocenters. The van der Waals surface area contributed by atoms with Gasteiger partial charge in [-0.2, -0.15) is 0 Å². The lowest BCUT2D eigenvalue weighted by Crippen LogP contribution is -2.22. The van der Waals surface area contributed by atoms with Gasteiger partial charge in [-0.3, -0.25) is 0 Å². The highest BCUT2D eigenvalue weighted by atomic mass is 16.5. The van der Waals surface area contributed by atoms with Crippen LogP contribution >= 0.6 is 0 Å². The van der Waals surface area contributed by atoms with Crippen molar-refractivity contribution >= 4 is 5.82 Å². The van der Waals surface area contributed by atoms with Gasteiger partial charge in [0, 0.05) is 52.0 Å². The van der Waals surface area contributed by atoms with Crippen LogP contribution in [0.5, 0.6) is 0 Å². The third-order valence-electron chi connectivity index (χ3n) is 3.49. The Kier molecular flexibility index (Phi) is 5.57. The van der Waals surface area contributed by atoms with E-state index in [-0.39, 0.29) is 6.61 Å². The number of nitrogens with zero attached hydrogens (tertiary/aromatic N) is 2. The first-order chi connectivity index (χ1) is 9.33. The van der Waals surface area contributed by atoms with Crippen molar-refractivity contribution in [1.82, 2.24) is 10.3 Å². The summed E-state index contributed by atoms with van der Waals surface area (Å²) in [4.78, 5) is 6.74. The lowest BCUT2D eigenvalue weighted by Gasteiger charge is -2.17. The molecule has 0 radical (unpaired) electrons. The van der Waals surface area contributed by atoms with Crippen LogP contribution in [0.1, 0.15) is 12.0 Å². The third-order valence-corrected chi connectivity index (χ3v) is 3.49. The first kappa shape index (κ1) is 14.2. The summed E-state index contributed by atoms with van der Waals surface area (Å²) in [6.07, 6.45) is 2.97. The van der Waals surface area contributed by atoms with E-state index < -0.39 is 0 Å². The molecule has 5 heteroatoms. The number of aromatic nitrogens is 1. The smallest absolute Gasteiger partial charge is 0.128 e. The maximum Gasteiger partial charge on any atom is 0.128 e. The number of hydrogen-bond donors (Lipinski definition) is 2. The van der Waals surface area contributed by atoms with Crippen LogP contribution in [0, 0.1) is 5.92 Å². The molecule has 0 amide bonds. The van der Waals surface area contributed by atoms with Crippen LogP contribution in [0.2, 0.25) is 0 Å². The van der Waals surface area contributed by atoms with Gasteiger partial charge in [0.1, 0.15) is 5.82 Å². The summed E-state index contributed by atoms with van der Waals surface area (Å²) in [6.45, 7) is 4.57. The zero-order valence-corrected chi connectivity index (χ0v) is 11.5. The van der Waals surface area contributed by atoms with Crippen LogP contribution in [0.3, 0.4) is 0 Å². The van der Waals surface area contributed by atoms with Crippen LogP contribution in [0.25, 0.3) is 0 Å². The minimum Gasteiger partial charge on any atom is -0.396 e. The standard InChI is InChI=1S/C14H23N3O2/c1-19-7-5-15-8-12-2-3-14(16-9-12)17-6-4-13(10-17)11-18/h2-3,9,13,15,18H,4-8,10-11H2,1H3. The largest absolute Gasteiger partial charge is 0.396 e. The Morgan fingerprint density at radius 3 is 3.05 bits per heavy atom. The average Bonchev–Trinajstić information content (AvgIpc) is 2.93. The highest BCUT2D eigenvalue weighted by molar-refractivity contribution is 5.40. The molecule has 106 valence electrons. The molecule has 1 aliphatic heterocycles. The van der Waals surface area contributed by atoms with Gasteiger partial charge in [-0.1, -0.05) is 6.07 Å². The number of aliphatic hydroxyl groups is 1. The summed E-state index contributed by atoms with van der Waals surface area (Å²) >= 11 is 0. The number of pyridine rings is 1. The summed E-state index contributed by atoms with van der Waals surface area (Å²) in [6, 6.07) is 4.17. The number of methoxy groups -OCH3 is 1. The Balaban J connectivity index is 1.81. The van der Waals surface area contributed by atoms with E-state index in [1.54, 1.807) is 7.11 Å². The predicted molar refractivity (Wildman–Crippen MR) is 75.2 cm³/mol. The van der Waals surface area contributed by atoms with Crippen molar-refractivity contribution in [2.24, 2.45) is 5.92 Å². The molecule has 1 aromatic rings. The van der Waals surface area contributed by atoms with Crippen LogP contribution in [0.15, 0.2) is 18.3 Å². The first-order valence-corrected chi connectivity index (χ1v) is 6.84. The summed E-state index contributed by atoms with van der Waals surface area (Å²) in [5.41, 5.74) is 1.18. The second-order valence-electron chi connectivity index (χ2n) is 4.98. The minimum atomic E-state index is 0.276. The lowest BCUT2D eigenvalue weighted by molar-refractivity contribution is 0.199. The van der Waals surface area contributed by atoms with Gasteiger partial charge in [-0.25, -0.2) is 4.98 Å². The number of anilines is 1. The van der Waals surface area contributed by atoms with Crippen LogP contribution in [-0.2, 0) is 11.3 Å². The molecule has 0 bridgehead atoms. The monoisotopic (exact) mass is 265 g/mol. The van der Waals surface area contributed by atoms with E-state index in [4.69, 9.17) is 9.84 Å². The quantitative estimate of drug-likeness (QED) is 0.708. The highest BCUT2D eigenvalue weighted by Gasteiger charge is 2.22. The van der Waals surface area contributed by atoms with Gasteiger partial charge in [0.05, 0.1) is 6.61 Å². The molecule has 0 spiro atoms. The molecule has 1 aromatic heterocycles. The number of nitrogens with one attached hydrogen (secondary N) is 1. The minimum absolute atomic E-state index is 0.276. The average molecular weight is 265 g/mol. The highest BCUT2D eigenvalue weighted by Crippen LogP contribution is 2.21. The van der Waals surface area contributed by atoms with Crippen molar-refractivity contribution in [3.8, 4) is 0 Å². The molecule has 2 N–H and O–H groups in total. The fourth-order valence-electron chi connectivity index (χ4n) is 2.31. The number of aliphatic hydroxyl groups excluding tert-OH is 1. The molecule has 2 rings (SSSR count). The number of ether oxygens (including phenoxy) is 1. The molecule has 1 unspecified atom stereocenters. The molecule has 1 saturated heterocycles. The van der Waals surface area contributed by atoms with E-state index in [9.17, 15) is 0 Å². The van der Waals surface area contributed by atoms with E-state index in [1.165, 1.54) is 5.56 Å². The Morgan fingerprint density at radius 1 is 1.53 bits per heavy atom. The van der Waals surface area contributed by atoms with Crippen molar-refractivity contribution in [3.63, 3.8) is 0 Å². The first-order valence-electron chi connectivity index (χ1n) is 6.84. The maximum absolute atomic E-state index is 9.15. The van der Waals surface area contributed by atoms with E-state index in [0.29, 0.717) is 5.92 Å². The van der Waals surface area contributed by atoms with E-state index >= 15 is 0 Å². The second kappa shape index (κ2) is 7.43. The van der Waals surface area contributed by atoms with Crippen molar-refractivity contribution in [2.75, 3.05) is 44.9 Å². The zero-order chi connectivity index (χ0) is 13.5. The Labute approximate surface area is 114 Å². The lowest BCUT2D eigenvalue weighted by atomic mass is 10.1. The molecule has 0 aliphatic carbocycles. The van der Waals surface area contributed by atoms with Crippen LogP contribution < -0.4 is 10.2 Å². The molecule has 0 aromatic carbocycles. The Morgan fingerprint density at radius 2 is 2.42 bits per heavy atom. The van der Waals surface area contributed by atoms with Crippen LogP contribution in [0.4, 0.5) is 5.82 Å². The molecule has 19 heavy (non-hydrogen) atoms. The van der Waals surface area contributed by atoms with Crippen molar-refractivity contribution in [1.29, 1.82) is 0 Å². The van der Waals surface area contributed by atoms with Crippen LogP contribution in [-0.4, -0.2) is 50.0 Å². The van der Waals surface area contributed by atoms with Crippen molar-refractivity contribution < 1.29 is 9.84 Å². The fraction of sp³-hybridized carbons (Fsp3) is 0.643. The van der Waals surface area contributed by atoms with E-state index in [2.05, 4.69) is 27.3 Å². The molecular formula is C14H23N3O2. The molecular weight excluding hydrogens is 242 g/mol. The van der Waals surface area contributed by atoms with Gasteiger partial charge in [-0.15, -0.1) is 0 Å². The van der Waals surface area contributed by atoms with E-state index in [0.717, 1.165) is 45.0 Å². The number of rotatable bonds is 7. The van der Waals surface area contributed by atoms with Crippen molar-refractivity contribution in [3.05, 3.63) is 23.9 Å². The summed E-state index contributed by atoms with van der Waals surface area (Å²) in [7, 11) is 1.70. The van der Waals surface area contributed by atoms with E-state index in [1.807, 2.05) is 6.20 Å². The summed E-state index contributed by atoms with van der Waals surface area (Å²) in [5, 5.41) is 12.4. The van der Waals surface area contributed by atoms with Gasteiger partial charge < -0.3 is 20.1 Å². The predicted octanol–water partition coefficient (Wildman–Crippen LogP) is 0.636. The van der Waals surface area contributed by atoms with Gasteiger partial charge in [0.15, 0.2) is 0 Å². The Hall–Kier alpha value is -1.17. The molecule has 5 nitrogen and oxygen atoms in total. The molecule has 0 saturated carbocycles. The molecule has 2 heterocycles. The molecule has 1 aliphatic rings. The molecule has 1 fully saturated rings. The third kappa shape index (κ3) is 4.16. The van der Waals surface area contributed by atoms with Gasteiger partial charge >= 0.3 is 0 Å². The number of hydrogen-bond acceptors (Lipinski definition) is 5. The fourth-order valence-corrected chi connectivity index (χ4v) is 2.31. The Bertz CT molecular complexity index is 369. The second-order valence-corrected chi connectivity index (χ2v) is 4.98. The SMILES string of the molecule is COCCNCc1ccc(N2CCC(CO)C2)nc1. The van der Waals surface area contributed by atoms with Crippen molar-refractivity contribution in [2.45, 2.75) is 13.0 Å². The van der Waals surface area contributed by atoms with Gasteiger partial charge in [0.25, 0.3) is 0 Å². The summed E-state index contributed by atoms with van der Waals surface area (Å²) < 4.78 is 4.98. The normalized spacial score (nSPS) is 19.1. The topological polar surface area (TPSA) is 57.6 Å².